The lowest BCUT2D eigenvalue weighted by atomic mass is 10.2. The van der Waals surface area contributed by atoms with Crippen LogP contribution in [-0.2, 0) is 10.0 Å². The van der Waals surface area contributed by atoms with Crippen LogP contribution in [0.4, 0.5) is 5.95 Å². The molecule has 1 heterocycles. The number of nitrogens with zero attached hydrogens (tertiary/aromatic N) is 2. The Balaban J connectivity index is 1.85. The normalized spacial score (nSPS) is 11.3. The van der Waals surface area contributed by atoms with Crippen LogP contribution in [0.2, 0.25) is 0 Å². The molecule has 0 aliphatic carbocycles. The van der Waals surface area contributed by atoms with Crippen molar-refractivity contribution in [2.75, 3.05) is 19.6 Å². The minimum Gasteiger partial charge on any atom is -0.493 e. The molecule has 0 amide bonds. The van der Waals surface area contributed by atoms with E-state index in [-0.39, 0.29) is 10.8 Å². The van der Waals surface area contributed by atoms with Gasteiger partial charge in [0, 0.05) is 17.6 Å². The summed E-state index contributed by atoms with van der Waals surface area (Å²) >= 11 is 0. The maximum Gasteiger partial charge on any atom is 0.257 e. The van der Waals surface area contributed by atoms with Crippen LogP contribution in [0.25, 0.3) is 10.9 Å². The lowest BCUT2D eigenvalue weighted by Crippen LogP contribution is -2.30. The third-order valence-electron chi connectivity index (χ3n) is 3.44. The van der Waals surface area contributed by atoms with Crippen molar-refractivity contribution in [3.63, 3.8) is 0 Å². The lowest BCUT2D eigenvalue weighted by Gasteiger charge is -2.10. The molecule has 0 aliphatic heterocycles. The summed E-state index contributed by atoms with van der Waals surface area (Å²) in [5.74, 6) is 1.19. The number of sulfonamides is 1. The minimum absolute atomic E-state index is 0.110. The smallest absolute Gasteiger partial charge is 0.257 e. The van der Waals surface area contributed by atoms with Crippen LogP contribution < -0.4 is 19.7 Å². The van der Waals surface area contributed by atoms with Gasteiger partial charge in [-0.25, -0.2) is 18.4 Å². The molecule has 9 heteroatoms. The molecule has 0 spiro atoms. The fourth-order valence-corrected chi connectivity index (χ4v) is 3.05. The van der Waals surface area contributed by atoms with Crippen molar-refractivity contribution >= 4 is 26.9 Å². The van der Waals surface area contributed by atoms with E-state index in [0.29, 0.717) is 17.0 Å². The van der Waals surface area contributed by atoms with Crippen molar-refractivity contribution in [2.45, 2.75) is 4.90 Å². The molecule has 0 fully saturated rings. The summed E-state index contributed by atoms with van der Waals surface area (Å²) in [7, 11) is -0.655. The van der Waals surface area contributed by atoms with Crippen LogP contribution >= 0.6 is 0 Å². The molecule has 0 radical (unpaired) electrons. The number of rotatable bonds is 6. The van der Waals surface area contributed by atoms with E-state index in [1.807, 2.05) is 0 Å². The van der Waals surface area contributed by atoms with E-state index in [4.69, 9.17) is 9.47 Å². The highest BCUT2D eigenvalue weighted by atomic mass is 32.2. The van der Waals surface area contributed by atoms with Crippen LogP contribution in [0.15, 0.2) is 53.6 Å². The van der Waals surface area contributed by atoms with Gasteiger partial charge < -0.3 is 9.47 Å². The van der Waals surface area contributed by atoms with Crippen molar-refractivity contribution in [1.29, 1.82) is 0 Å². The summed E-state index contributed by atoms with van der Waals surface area (Å²) in [5, 5.41) is 0.731. The Kier molecular flexibility index (Phi) is 4.68. The summed E-state index contributed by atoms with van der Waals surface area (Å²) in [6, 6.07) is 11.4. The zero-order valence-corrected chi connectivity index (χ0v) is 14.4. The van der Waals surface area contributed by atoms with E-state index < -0.39 is 10.0 Å². The summed E-state index contributed by atoms with van der Waals surface area (Å²) in [6.07, 6.45) is 1.56. The number of hydrazine groups is 1. The third-order valence-corrected chi connectivity index (χ3v) is 4.70. The topological polar surface area (TPSA) is 102 Å². The van der Waals surface area contributed by atoms with E-state index >= 15 is 0 Å². The Morgan fingerprint density at radius 3 is 2.36 bits per heavy atom. The zero-order chi connectivity index (χ0) is 17.9. The Morgan fingerprint density at radius 2 is 1.68 bits per heavy atom. The molecule has 8 nitrogen and oxygen atoms in total. The summed E-state index contributed by atoms with van der Waals surface area (Å²) in [4.78, 5) is 10.7. The Bertz CT molecular complexity index is 994. The van der Waals surface area contributed by atoms with Gasteiger partial charge in [-0.3, -0.25) is 5.43 Å². The summed E-state index contributed by atoms with van der Waals surface area (Å²) in [6.45, 7) is 0. The molecule has 0 unspecified atom stereocenters. The lowest BCUT2D eigenvalue weighted by molar-refractivity contribution is 0.356. The minimum atomic E-state index is -3.72. The summed E-state index contributed by atoms with van der Waals surface area (Å²) in [5.41, 5.74) is 3.09. The number of nitrogens with one attached hydrogen (secondary N) is 2. The maximum absolute atomic E-state index is 12.2. The second kappa shape index (κ2) is 6.91. The predicted molar refractivity (Wildman–Crippen MR) is 93.0 cm³/mol. The monoisotopic (exact) mass is 360 g/mol. The van der Waals surface area contributed by atoms with Gasteiger partial charge in [-0.05, 0) is 18.2 Å². The fourth-order valence-electron chi connectivity index (χ4n) is 2.19. The van der Waals surface area contributed by atoms with Crippen LogP contribution in [0.1, 0.15) is 0 Å². The number of ether oxygens (including phenoxy) is 2. The quantitative estimate of drug-likeness (QED) is 0.648. The highest BCUT2D eigenvalue weighted by Crippen LogP contribution is 2.31. The standard InChI is InChI=1S/C16H16N4O4S/c1-23-14-8-11-10-17-16(18-13(11)9-15(14)24-2)19-20-25(21,22)12-6-4-3-5-7-12/h3-10,20H,1-2H3,(H,17,18,19). The molecule has 0 aliphatic rings. The molecule has 25 heavy (non-hydrogen) atoms. The van der Waals surface area contributed by atoms with Crippen molar-refractivity contribution in [2.24, 2.45) is 0 Å². The first-order valence-corrected chi connectivity index (χ1v) is 8.73. The first kappa shape index (κ1) is 16.9. The first-order valence-electron chi connectivity index (χ1n) is 7.25. The van der Waals surface area contributed by atoms with Crippen molar-refractivity contribution in [1.82, 2.24) is 14.8 Å². The van der Waals surface area contributed by atoms with Gasteiger partial charge in [-0.1, -0.05) is 18.2 Å². The molecule has 1 aromatic heterocycles. The highest BCUT2D eigenvalue weighted by molar-refractivity contribution is 7.89. The second-order valence-corrected chi connectivity index (χ2v) is 6.69. The zero-order valence-electron chi connectivity index (χ0n) is 13.6. The molecule has 2 aromatic carbocycles. The fraction of sp³-hybridized carbons (Fsp3) is 0.125. The Hall–Kier alpha value is -2.91. The molecule has 130 valence electrons. The van der Waals surface area contributed by atoms with E-state index in [9.17, 15) is 8.42 Å². The van der Waals surface area contributed by atoms with Gasteiger partial charge >= 0.3 is 0 Å². The van der Waals surface area contributed by atoms with Gasteiger partial charge in [0.2, 0.25) is 5.95 Å². The van der Waals surface area contributed by atoms with Crippen LogP contribution in [0.3, 0.4) is 0 Å². The van der Waals surface area contributed by atoms with Gasteiger partial charge in [-0.15, -0.1) is 4.83 Å². The van der Waals surface area contributed by atoms with Crippen molar-refractivity contribution < 1.29 is 17.9 Å². The van der Waals surface area contributed by atoms with Crippen molar-refractivity contribution in [3.8, 4) is 11.5 Å². The van der Waals surface area contributed by atoms with E-state index in [1.165, 1.54) is 19.2 Å². The molecule has 0 saturated heterocycles. The van der Waals surface area contributed by atoms with Crippen LogP contribution in [-0.4, -0.2) is 32.6 Å². The van der Waals surface area contributed by atoms with Gasteiger partial charge in [0.15, 0.2) is 11.5 Å². The van der Waals surface area contributed by atoms with Crippen molar-refractivity contribution in [3.05, 3.63) is 48.7 Å². The number of methoxy groups -OCH3 is 2. The van der Waals surface area contributed by atoms with Gasteiger partial charge in [0.1, 0.15) is 0 Å². The first-order chi connectivity index (χ1) is 12.0. The van der Waals surface area contributed by atoms with E-state index in [2.05, 4.69) is 20.2 Å². The predicted octanol–water partition coefficient (Wildman–Crippen LogP) is 1.95. The molecule has 0 bridgehead atoms. The van der Waals surface area contributed by atoms with E-state index in [0.717, 1.165) is 5.39 Å². The average Bonchev–Trinajstić information content (AvgIpc) is 2.65. The molecule has 0 atom stereocenters. The second-order valence-electron chi connectivity index (χ2n) is 5.00. The molecule has 2 N–H and O–H groups in total. The Morgan fingerprint density at radius 1 is 1.00 bits per heavy atom. The van der Waals surface area contributed by atoms with Crippen LogP contribution in [0, 0.1) is 0 Å². The molecular formula is C16H16N4O4S. The van der Waals surface area contributed by atoms with Crippen LogP contribution in [0.5, 0.6) is 11.5 Å². The number of fused-ring (bicyclic) bond motifs is 1. The van der Waals surface area contributed by atoms with Gasteiger partial charge in [0.25, 0.3) is 10.0 Å². The molecule has 3 rings (SSSR count). The molecular weight excluding hydrogens is 344 g/mol. The number of anilines is 1. The van der Waals surface area contributed by atoms with Gasteiger partial charge in [0.05, 0.1) is 24.6 Å². The SMILES string of the molecule is COc1cc2cnc(NNS(=O)(=O)c3ccccc3)nc2cc1OC. The Labute approximate surface area is 144 Å². The largest absolute Gasteiger partial charge is 0.493 e. The molecule has 0 saturated carbocycles. The van der Waals surface area contributed by atoms with Gasteiger partial charge in [-0.2, -0.15) is 0 Å². The average molecular weight is 360 g/mol. The number of hydrogen-bond donors (Lipinski definition) is 2. The molecule has 3 aromatic rings. The third kappa shape index (κ3) is 3.62. The number of benzene rings is 2. The van der Waals surface area contributed by atoms with E-state index in [1.54, 1.807) is 43.6 Å². The number of aromatic nitrogens is 2. The highest BCUT2D eigenvalue weighted by Gasteiger charge is 2.14. The maximum atomic E-state index is 12.2. The number of hydrogen-bond acceptors (Lipinski definition) is 7. The summed E-state index contributed by atoms with van der Waals surface area (Å²) < 4.78 is 34.8.